The second-order valence-corrected chi connectivity index (χ2v) is 15.8. The minimum Gasteiger partial charge on any atom is -0.309 e. The van der Waals surface area contributed by atoms with E-state index in [0.29, 0.717) is 0 Å². The van der Waals surface area contributed by atoms with E-state index in [1.165, 1.54) is 105 Å². The van der Waals surface area contributed by atoms with Gasteiger partial charge in [0.25, 0.3) is 0 Å². The van der Waals surface area contributed by atoms with Crippen molar-refractivity contribution in [1.82, 2.24) is 4.57 Å². The first-order chi connectivity index (χ1) is 26.5. The molecular weight excluding hydrogens is 653 g/mol. The summed E-state index contributed by atoms with van der Waals surface area (Å²) in [6.45, 7) is 4.74. The van der Waals surface area contributed by atoms with Crippen LogP contribution < -0.4 is 0 Å². The Morgan fingerprint density at radius 3 is 2.13 bits per heavy atom. The van der Waals surface area contributed by atoms with Crippen LogP contribution in [0.5, 0.6) is 0 Å². The maximum Gasteiger partial charge on any atom is 0.0665 e. The normalized spacial score (nSPS) is 16.0. The van der Waals surface area contributed by atoms with Crippen LogP contribution in [0.2, 0.25) is 0 Å². The van der Waals surface area contributed by atoms with Crippen molar-refractivity contribution >= 4 is 44.0 Å². The topological polar surface area (TPSA) is 17.3 Å². The molecule has 2 aliphatic carbocycles. The van der Waals surface area contributed by atoms with Crippen LogP contribution in [0, 0.1) is 0 Å². The van der Waals surface area contributed by atoms with E-state index in [0.717, 1.165) is 12.1 Å². The Kier molecular flexibility index (Phi) is 5.99. The van der Waals surface area contributed by atoms with Crippen molar-refractivity contribution in [3.8, 4) is 39.1 Å². The Bertz CT molecular complexity index is 3120. The molecule has 9 aromatic rings. The molecule has 54 heavy (non-hydrogen) atoms. The highest BCUT2D eigenvalue weighted by atomic mass is 15.0. The van der Waals surface area contributed by atoms with Crippen LogP contribution in [0.25, 0.3) is 71.6 Å². The van der Waals surface area contributed by atoms with E-state index in [4.69, 9.17) is 4.99 Å². The summed E-state index contributed by atoms with van der Waals surface area (Å²) in [5.74, 6) is 0.254. The smallest absolute Gasteiger partial charge is 0.0665 e. The Morgan fingerprint density at radius 2 is 1.22 bits per heavy atom. The zero-order chi connectivity index (χ0) is 35.7. The third-order valence-corrected chi connectivity index (χ3v) is 12.7. The van der Waals surface area contributed by atoms with Crippen molar-refractivity contribution in [2.75, 3.05) is 0 Å². The Labute approximate surface area is 314 Å². The second-order valence-electron chi connectivity index (χ2n) is 15.8. The van der Waals surface area contributed by atoms with Crippen LogP contribution >= 0.6 is 0 Å². The number of hydrogen-bond donors (Lipinski definition) is 0. The molecule has 2 heteroatoms. The molecule has 2 heterocycles. The van der Waals surface area contributed by atoms with E-state index >= 15 is 0 Å². The summed E-state index contributed by atoms with van der Waals surface area (Å²) in [6, 6.07) is 61.1. The van der Waals surface area contributed by atoms with E-state index in [2.05, 4.69) is 182 Å². The molecule has 0 bridgehead atoms. The largest absolute Gasteiger partial charge is 0.309 e. The molecule has 0 spiro atoms. The molecule has 0 radical (unpaired) electrons. The lowest BCUT2D eigenvalue weighted by Crippen LogP contribution is -2.24. The molecule has 3 aliphatic rings. The Balaban J connectivity index is 1.10. The van der Waals surface area contributed by atoms with Crippen LogP contribution in [0.3, 0.4) is 0 Å². The predicted octanol–water partition coefficient (Wildman–Crippen LogP) is 13.4. The summed E-state index contributed by atoms with van der Waals surface area (Å²) < 4.78 is 2.51. The van der Waals surface area contributed by atoms with Gasteiger partial charge in [-0.25, -0.2) is 0 Å². The molecule has 2 nitrogen and oxygen atoms in total. The third kappa shape index (κ3) is 3.98. The van der Waals surface area contributed by atoms with E-state index < -0.39 is 0 Å². The molecule has 1 aromatic heterocycles. The highest BCUT2D eigenvalue weighted by Gasteiger charge is 2.36. The highest BCUT2D eigenvalue weighted by Crippen LogP contribution is 2.51. The SMILES string of the molecule is CC1(C)c2ccccc2-c2ccc(-c3cc4c5ccccc5n(-c5ccc6c(c5)-c5ccccc5C5Cc7ccccc7N=C65)c4c4ccccc34)cc21. The number of fused-ring (bicyclic) bond motifs is 15. The fourth-order valence-electron chi connectivity index (χ4n) is 10.2. The fourth-order valence-corrected chi connectivity index (χ4v) is 10.2. The van der Waals surface area contributed by atoms with Crippen LogP contribution in [-0.4, -0.2) is 10.3 Å². The van der Waals surface area contributed by atoms with Crippen LogP contribution in [-0.2, 0) is 11.8 Å². The van der Waals surface area contributed by atoms with Gasteiger partial charge in [-0.1, -0.05) is 141 Å². The first-order valence-electron chi connectivity index (χ1n) is 19.1. The van der Waals surface area contributed by atoms with Crippen LogP contribution in [0.15, 0.2) is 169 Å². The van der Waals surface area contributed by atoms with Crippen molar-refractivity contribution in [1.29, 1.82) is 0 Å². The monoisotopic (exact) mass is 688 g/mol. The average molecular weight is 689 g/mol. The summed E-state index contributed by atoms with van der Waals surface area (Å²) in [4.78, 5) is 5.33. The molecule has 0 N–H and O–H groups in total. The third-order valence-electron chi connectivity index (χ3n) is 12.7. The number of rotatable bonds is 2. The minimum atomic E-state index is -0.0600. The summed E-state index contributed by atoms with van der Waals surface area (Å²) in [5, 5.41) is 5.06. The lowest BCUT2D eigenvalue weighted by molar-refractivity contribution is 0.660. The van der Waals surface area contributed by atoms with Gasteiger partial charge >= 0.3 is 0 Å². The van der Waals surface area contributed by atoms with E-state index in [1.807, 2.05) is 0 Å². The summed E-state index contributed by atoms with van der Waals surface area (Å²) in [5.41, 5.74) is 20.4. The Hall–Kier alpha value is -6.51. The van der Waals surface area contributed by atoms with Gasteiger partial charge in [-0.15, -0.1) is 0 Å². The van der Waals surface area contributed by atoms with E-state index in [1.54, 1.807) is 0 Å². The zero-order valence-electron chi connectivity index (χ0n) is 30.3. The molecule has 0 saturated heterocycles. The van der Waals surface area contributed by atoms with Gasteiger partial charge in [0.1, 0.15) is 0 Å². The number of aliphatic imine (C=N–C) groups is 1. The van der Waals surface area contributed by atoms with Crippen molar-refractivity contribution in [2.45, 2.75) is 31.6 Å². The molecule has 0 amide bonds. The molecule has 1 unspecified atom stereocenters. The van der Waals surface area contributed by atoms with Gasteiger partial charge in [-0.05, 0) is 104 Å². The van der Waals surface area contributed by atoms with Gasteiger partial charge in [-0.2, -0.15) is 0 Å². The molecular formula is C52H36N2. The molecule has 0 saturated carbocycles. The summed E-state index contributed by atoms with van der Waals surface area (Å²) in [6.07, 6.45) is 0.975. The molecule has 1 atom stereocenters. The lowest BCUT2D eigenvalue weighted by atomic mass is 9.73. The van der Waals surface area contributed by atoms with E-state index in [9.17, 15) is 0 Å². The lowest BCUT2D eigenvalue weighted by Gasteiger charge is -2.33. The second kappa shape index (κ2) is 10.8. The predicted molar refractivity (Wildman–Crippen MR) is 226 cm³/mol. The first kappa shape index (κ1) is 30.0. The van der Waals surface area contributed by atoms with Crippen molar-refractivity contribution in [3.05, 3.63) is 192 Å². The highest BCUT2D eigenvalue weighted by molar-refractivity contribution is 6.22. The van der Waals surface area contributed by atoms with Gasteiger partial charge in [0.15, 0.2) is 0 Å². The Morgan fingerprint density at radius 1 is 0.519 bits per heavy atom. The molecule has 8 aromatic carbocycles. The molecule has 0 fully saturated rings. The van der Waals surface area contributed by atoms with Gasteiger partial charge in [0.2, 0.25) is 0 Å². The summed E-state index contributed by atoms with van der Waals surface area (Å²) in [7, 11) is 0. The molecule has 12 rings (SSSR count). The van der Waals surface area contributed by atoms with Crippen LogP contribution in [0.1, 0.15) is 47.6 Å². The number of benzene rings is 8. The fraction of sp³-hybridized carbons (Fsp3) is 0.0962. The summed E-state index contributed by atoms with van der Waals surface area (Å²) >= 11 is 0. The van der Waals surface area contributed by atoms with Gasteiger partial charge in [0, 0.05) is 38.7 Å². The quantitative estimate of drug-likeness (QED) is 0.172. The van der Waals surface area contributed by atoms with Crippen molar-refractivity contribution in [3.63, 3.8) is 0 Å². The number of aromatic nitrogens is 1. The molecule has 1 aliphatic heterocycles. The van der Waals surface area contributed by atoms with Gasteiger partial charge in [0.05, 0.1) is 22.4 Å². The minimum absolute atomic E-state index is 0.0600. The molecule has 254 valence electrons. The van der Waals surface area contributed by atoms with Crippen molar-refractivity contribution in [2.24, 2.45) is 4.99 Å². The van der Waals surface area contributed by atoms with Gasteiger partial charge < -0.3 is 4.57 Å². The standard InChI is InChI=1S/C52H36N2/c1-52(2)46-20-10-8-17-37(46)38-25-23-31(28-47(38)52)42-30-45-39-18-9-12-22-49(39)54(51(45)41-19-7-6-16-36(41)42)33-24-26-40-43(29-33)34-14-4-5-15-35(34)44-27-32-13-3-11-21-48(32)53-50(40)44/h3-26,28-30,44H,27H2,1-2H3. The van der Waals surface area contributed by atoms with E-state index in [-0.39, 0.29) is 11.3 Å². The zero-order valence-corrected chi connectivity index (χ0v) is 30.3. The number of para-hydroxylation sites is 2. The maximum absolute atomic E-state index is 5.33. The van der Waals surface area contributed by atoms with Gasteiger partial charge in [-0.3, -0.25) is 4.99 Å². The van der Waals surface area contributed by atoms with Crippen LogP contribution in [0.4, 0.5) is 5.69 Å². The first-order valence-corrected chi connectivity index (χ1v) is 19.1. The maximum atomic E-state index is 5.33. The average Bonchev–Trinajstić information content (AvgIpc) is 3.68. The number of hydrogen-bond acceptors (Lipinski definition) is 1. The number of nitrogens with zero attached hydrogens (tertiary/aromatic N) is 2. The van der Waals surface area contributed by atoms with Crippen molar-refractivity contribution < 1.29 is 0 Å².